The number of allylic oxidation sites excluding steroid dienone is 2. The van der Waals surface area contributed by atoms with E-state index in [1.807, 2.05) is 27.8 Å². The first-order valence-electron chi connectivity index (χ1n) is 8.70. The van der Waals surface area contributed by atoms with Crippen LogP contribution in [0, 0.1) is 17.1 Å². The SMILES string of the molecule is BC1(B)CC[C@@]2(CN3C=C(C#N)C=C(OC(F)F)C3=N2)c2cccc(F)c21. The number of benzene rings is 1. The lowest BCUT2D eigenvalue weighted by Crippen LogP contribution is -2.43. The molecule has 0 saturated heterocycles. The molecule has 0 bridgehead atoms. The second-order valence-corrected chi connectivity index (χ2v) is 7.72. The molecule has 0 fully saturated rings. The number of ether oxygens (including phenoxy) is 1. The number of nitrogens with zero attached hydrogens (tertiary/aromatic N) is 3. The van der Waals surface area contributed by atoms with E-state index in [-0.39, 0.29) is 28.2 Å². The maximum Gasteiger partial charge on any atom is 0.387 e. The minimum absolute atomic E-state index is 0.135. The second-order valence-electron chi connectivity index (χ2n) is 7.72. The summed E-state index contributed by atoms with van der Waals surface area (Å²) in [5.41, 5.74) is 0.834. The Balaban J connectivity index is 1.85. The standard InChI is InChI=1S/C18H16B2F3N3O/c19-18(20)5-4-17(11-2-1-3-12(21)14(11)18)9-26-8-10(7-24)6-13(15(26)25-17)27-16(22)23/h1-3,6,8,16H,4-5,9,19-20H2/t17-/m1/s1. The first kappa shape index (κ1) is 17.8. The van der Waals surface area contributed by atoms with Crippen LogP contribution in [0.3, 0.4) is 0 Å². The lowest BCUT2D eigenvalue weighted by Gasteiger charge is -2.42. The number of amidine groups is 1. The second kappa shape index (κ2) is 5.95. The molecule has 3 aliphatic rings. The van der Waals surface area contributed by atoms with Crippen LogP contribution >= 0.6 is 0 Å². The van der Waals surface area contributed by atoms with Gasteiger partial charge in [0.05, 0.1) is 12.1 Å². The summed E-state index contributed by atoms with van der Waals surface area (Å²) in [4.78, 5) is 6.40. The monoisotopic (exact) mass is 369 g/mol. The maximum absolute atomic E-state index is 14.7. The Labute approximate surface area is 156 Å². The predicted molar refractivity (Wildman–Crippen MR) is 99.1 cm³/mol. The first-order valence-corrected chi connectivity index (χ1v) is 8.70. The fourth-order valence-electron chi connectivity index (χ4n) is 4.28. The highest BCUT2D eigenvalue weighted by atomic mass is 19.3. The molecule has 1 spiro atoms. The van der Waals surface area contributed by atoms with E-state index in [2.05, 4.69) is 4.74 Å². The van der Waals surface area contributed by atoms with Gasteiger partial charge in [-0.2, -0.15) is 14.0 Å². The lowest BCUT2D eigenvalue weighted by atomic mass is 9.44. The zero-order chi connectivity index (χ0) is 19.4. The van der Waals surface area contributed by atoms with Crippen molar-refractivity contribution in [3.05, 3.63) is 58.8 Å². The van der Waals surface area contributed by atoms with E-state index in [9.17, 15) is 18.4 Å². The van der Waals surface area contributed by atoms with Gasteiger partial charge in [0.1, 0.15) is 33.1 Å². The van der Waals surface area contributed by atoms with Gasteiger partial charge in [-0.1, -0.05) is 23.8 Å². The van der Waals surface area contributed by atoms with E-state index in [4.69, 9.17) is 4.99 Å². The zero-order valence-corrected chi connectivity index (χ0v) is 15.0. The van der Waals surface area contributed by atoms with E-state index in [0.717, 1.165) is 5.56 Å². The van der Waals surface area contributed by atoms with Crippen molar-refractivity contribution in [1.29, 1.82) is 5.26 Å². The number of hydrogen-bond donors (Lipinski definition) is 0. The van der Waals surface area contributed by atoms with E-state index >= 15 is 0 Å². The summed E-state index contributed by atoms with van der Waals surface area (Å²) < 4.78 is 45.0. The maximum atomic E-state index is 14.7. The Morgan fingerprint density at radius 3 is 2.78 bits per heavy atom. The molecule has 27 heavy (non-hydrogen) atoms. The highest BCUT2D eigenvalue weighted by Crippen LogP contribution is 2.49. The summed E-state index contributed by atoms with van der Waals surface area (Å²) in [5, 5.41) is 8.86. The molecule has 1 aromatic carbocycles. The van der Waals surface area contributed by atoms with Crippen molar-refractivity contribution in [2.24, 2.45) is 4.99 Å². The Morgan fingerprint density at radius 1 is 1.30 bits per heavy atom. The van der Waals surface area contributed by atoms with Crippen LogP contribution in [0.25, 0.3) is 0 Å². The number of fused-ring (bicyclic) bond motifs is 3. The predicted octanol–water partition coefficient (Wildman–Crippen LogP) is 1.49. The quantitative estimate of drug-likeness (QED) is 0.743. The topological polar surface area (TPSA) is 48.6 Å². The van der Waals surface area contributed by atoms with Crippen LogP contribution in [0.2, 0.25) is 0 Å². The Bertz CT molecular complexity index is 952. The molecule has 2 heterocycles. The average Bonchev–Trinajstić information content (AvgIpc) is 2.98. The highest BCUT2D eigenvalue weighted by molar-refractivity contribution is 6.40. The van der Waals surface area contributed by atoms with Gasteiger partial charge in [0, 0.05) is 12.3 Å². The molecule has 0 aromatic heterocycles. The van der Waals surface area contributed by atoms with Crippen molar-refractivity contribution in [3.8, 4) is 6.07 Å². The Hall–Kier alpha value is -2.62. The van der Waals surface area contributed by atoms with Crippen LogP contribution < -0.4 is 0 Å². The molecule has 136 valence electrons. The van der Waals surface area contributed by atoms with Gasteiger partial charge in [-0.3, -0.25) is 4.99 Å². The van der Waals surface area contributed by atoms with Gasteiger partial charge >= 0.3 is 6.61 Å². The Morgan fingerprint density at radius 2 is 2.07 bits per heavy atom. The molecule has 2 aliphatic heterocycles. The van der Waals surface area contributed by atoms with Crippen molar-refractivity contribution in [2.75, 3.05) is 6.54 Å². The van der Waals surface area contributed by atoms with Crippen molar-refractivity contribution >= 4 is 21.5 Å². The van der Waals surface area contributed by atoms with Crippen LogP contribution in [-0.2, 0) is 15.5 Å². The fraction of sp³-hybridized carbons (Fsp3) is 0.333. The fourth-order valence-corrected chi connectivity index (χ4v) is 4.28. The first-order chi connectivity index (χ1) is 12.8. The highest BCUT2D eigenvalue weighted by Gasteiger charge is 2.49. The van der Waals surface area contributed by atoms with E-state index in [1.165, 1.54) is 12.1 Å². The third-order valence-electron chi connectivity index (χ3n) is 5.53. The van der Waals surface area contributed by atoms with E-state index in [1.54, 1.807) is 17.2 Å². The molecule has 0 radical (unpaired) electrons. The molecule has 1 atom stereocenters. The third-order valence-corrected chi connectivity index (χ3v) is 5.53. The van der Waals surface area contributed by atoms with E-state index in [0.29, 0.717) is 24.9 Å². The van der Waals surface area contributed by atoms with Gasteiger partial charge in [0.15, 0.2) is 11.6 Å². The van der Waals surface area contributed by atoms with Crippen molar-refractivity contribution in [2.45, 2.75) is 30.2 Å². The number of nitriles is 1. The minimum atomic E-state index is -3.02. The van der Waals surface area contributed by atoms with Gasteiger partial charge < -0.3 is 9.64 Å². The van der Waals surface area contributed by atoms with Crippen LogP contribution in [0.5, 0.6) is 0 Å². The van der Waals surface area contributed by atoms with Gasteiger partial charge in [-0.25, -0.2) is 4.39 Å². The van der Waals surface area contributed by atoms with Crippen LogP contribution in [0.15, 0.2) is 46.8 Å². The molecule has 0 unspecified atom stereocenters. The summed E-state index contributed by atoms with van der Waals surface area (Å²) in [5.74, 6) is -0.164. The summed E-state index contributed by atoms with van der Waals surface area (Å²) in [6.07, 6.45) is 4.19. The summed E-state index contributed by atoms with van der Waals surface area (Å²) in [6.45, 7) is -2.67. The molecule has 1 aromatic rings. The van der Waals surface area contributed by atoms with Gasteiger partial charge in [0.25, 0.3) is 0 Å². The molecule has 0 saturated carbocycles. The number of hydrogen-bond acceptors (Lipinski definition) is 4. The smallest absolute Gasteiger partial charge is 0.387 e. The molecular weight excluding hydrogens is 353 g/mol. The molecule has 0 amide bonds. The zero-order valence-electron chi connectivity index (χ0n) is 15.0. The Kier molecular flexibility index (Phi) is 3.91. The van der Waals surface area contributed by atoms with Gasteiger partial charge in [-0.05, 0) is 23.6 Å². The molecule has 1 aliphatic carbocycles. The summed E-state index contributed by atoms with van der Waals surface area (Å²) in [6, 6.07) is 6.90. The molecule has 4 nitrogen and oxygen atoms in total. The van der Waals surface area contributed by atoms with Gasteiger partial charge in [0.2, 0.25) is 0 Å². The summed E-state index contributed by atoms with van der Waals surface area (Å²) >= 11 is 0. The third kappa shape index (κ3) is 2.75. The van der Waals surface area contributed by atoms with Crippen LogP contribution in [0.1, 0.15) is 24.0 Å². The summed E-state index contributed by atoms with van der Waals surface area (Å²) in [7, 11) is 3.99. The molecule has 9 heteroatoms. The van der Waals surface area contributed by atoms with Crippen molar-refractivity contribution in [3.63, 3.8) is 0 Å². The van der Waals surface area contributed by atoms with Crippen molar-refractivity contribution < 1.29 is 17.9 Å². The van der Waals surface area contributed by atoms with Crippen LogP contribution in [-0.4, -0.2) is 39.6 Å². The molecule has 4 rings (SSSR count). The number of alkyl halides is 2. The number of aliphatic imine (C=N–C) groups is 1. The van der Waals surface area contributed by atoms with E-state index < -0.39 is 12.2 Å². The van der Waals surface area contributed by atoms with Gasteiger partial charge in [-0.15, -0.1) is 0 Å². The normalized spacial score (nSPS) is 25.3. The number of rotatable bonds is 2. The van der Waals surface area contributed by atoms with Crippen LogP contribution in [0.4, 0.5) is 13.2 Å². The van der Waals surface area contributed by atoms with Crippen molar-refractivity contribution in [1.82, 2.24) is 4.90 Å². The molecule has 0 N–H and O–H groups in total. The molecular formula is C18H16B2F3N3O. The average molecular weight is 369 g/mol. The largest absolute Gasteiger partial charge is 0.431 e. The minimum Gasteiger partial charge on any atom is -0.431 e. The lowest BCUT2D eigenvalue weighted by molar-refractivity contribution is -0.0906. The number of halogens is 3.